The number of fused-ring (bicyclic) bond motifs is 1. The van der Waals surface area contributed by atoms with Gasteiger partial charge < -0.3 is 10.2 Å². The molecule has 2 N–H and O–H groups in total. The number of rotatable bonds is 5. The lowest BCUT2D eigenvalue weighted by Gasteiger charge is -2.06. The molecule has 0 amide bonds. The van der Waals surface area contributed by atoms with Crippen molar-refractivity contribution in [2.24, 2.45) is 0 Å². The van der Waals surface area contributed by atoms with Crippen LogP contribution in [-0.2, 0) is 6.42 Å². The molecule has 0 aliphatic heterocycles. The first-order chi connectivity index (χ1) is 10.7. The Morgan fingerprint density at radius 2 is 1.82 bits per heavy atom. The van der Waals surface area contributed by atoms with E-state index in [2.05, 4.69) is 10.2 Å². The largest absolute Gasteiger partial charge is 0.506 e. The molecule has 2 aromatic carbocycles. The van der Waals surface area contributed by atoms with E-state index in [1.54, 1.807) is 24.3 Å². The molecule has 0 aliphatic rings. The minimum Gasteiger partial charge on any atom is -0.506 e. The van der Waals surface area contributed by atoms with E-state index in [1.807, 2.05) is 12.1 Å². The van der Waals surface area contributed by atoms with Gasteiger partial charge in [-0.25, -0.2) is 0 Å². The number of aryl methyl sites for hydroxylation is 1. The van der Waals surface area contributed by atoms with Gasteiger partial charge in [0.25, 0.3) is 0 Å². The fraction of sp³-hybridized carbons (Fsp3) is 0.250. The molecule has 1 heterocycles. The molecule has 22 heavy (non-hydrogen) atoms. The van der Waals surface area contributed by atoms with Crippen molar-refractivity contribution in [1.29, 1.82) is 0 Å². The number of unbranched alkanes of at least 4 members (excludes halogenated alkanes) is 1. The predicted molar refractivity (Wildman–Crippen MR) is 85.6 cm³/mol. The molecule has 0 fully saturated rings. The van der Waals surface area contributed by atoms with Crippen LogP contribution in [0.25, 0.3) is 16.7 Å². The first-order valence-electron chi connectivity index (χ1n) is 7.13. The van der Waals surface area contributed by atoms with E-state index >= 15 is 0 Å². The maximum absolute atomic E-state index is 10.1. The van der Waals surface area contributed by atoms with Gasteiger partial charge in [-0.1, -0.05) is 17.7 Å². The molecule has 3 rings (SSSR count). The third-order valence-electron chi connectivity index (χ3n) is 3.47. The smallest absolute Gasteiger partial charge is 0.143 e. The number of aliphatic hydroxyl groups is 1. The highest BCUT2D eigenvalue weighted by Gasteiger charge is 2.10. The second-order valence-corrected chi connectivity index (χ2v) is 5.56. The molecule has 5 nitrogen and oxygen atoms in total. The second-order valence-electron chi connectivity index (χ2n) is 5.13. The zero-order chi connectivity index (χ0) is 15.5. The molecular weight excluding hydrogens is 302 g/mol. The molecule has 0 bridgehead atoms. The van der Waals surface area contributed by atoms with Gasteiger partial charge in [-0.2, -0.15) is 0 Å². The Bertz CT molecular complexity index is 801. The molecule has 0 atom stereocenters. The van der Waals surface area contributed by atoms with E-state index in [0.717, 1.165) is 30.3 Å². The Labute approximate surface area is 132 Å². The third kappa shape index (κ3) is 3.05. The summed E-state index contributed by atoms with van der Waals surface area (Å²) in [5.41, 5.74) is 3.00. The number of hydrogen-bond acceptors (Lipinski definition) is 4. The van der Waals surface area contributed by atoms with Gasteiger partial charge in [-0.05, 0) is 55.2 Å². The van der Waals surface area contributed by atoms with Crippen molar-refractivity contribution < 1.29 is 10.2 Å². The predicted octanol–water partition coefficient (Wildman–Crippen LogP) is 3.09. The molecule has 114 valence electrons. The Balaban J connectivity index is 1.96. The Hall–Kier alpha value is -2.11. The summed E-state index contributed by atoms with van der Waals surface area (Å²) in [5.74, 6) is 0.123. The lowest BCUT2D eigenvalue weighted by atomic mass is 10.1. The monoisotopic (exact) mass is 317 g/mol. The Morgan fingerprint density at radius 3 is 2.64 bits per heavy atom. The van der Waals surface area contributed by atoms with Crippen LogP contribution in [0.3, 0.4) is 0 Å². The van der Waals surface area contributed by atoms with Crippen molar-refractivity contribution in [2.75, 3.05) is 6.61 Å². The van der Waals surface area contributed by atoms with Gasteiger partial charge in [-0.3, -0.25) is 0 Å². The highest BCUT2D eigenvalue weighted by Crippen LogP contribution is 2.24. The van der Waals surface area contributed by atoms with Crippen LogP contribution in [0, 0.1) is 0 Å². The number of phenolic OH excluding ortho intramolecular Hbond substituents is 1. The average molecular weight is 318 g/mol. The number of nitrogens with zero attached hydrogens (tertiary/aromatic N) is 3. The van der Waals surface area contributed by atoms with E-state index in [0.29, 0.717) is 16.2 Å². The molecule has 0 radical (unpaired) electrons. The number of aromatic hydroxyl groups is 1. The van der Waals surface area contributed by atoms with E-state index in [4.69, 9.17) is 16.7 Å². The lowest BCUT2D eigenvalue weighted by Crippen LogP contribution is -2.00. The minimum absolute atomic E-state index is 0.123. The van der Waals surface area contributed by atoms with Crippen LogP contribution in [0.4, 0.5) is 0 Å². The van der Waals surface area contributed by atoms with Gasteiger partial charge in [0.05, 0.1) is 0 Å². The average Bonchev–Trinajstić information content (AvgIpc) is 2.92. The maximum Gasteiger partial charge on any atom is 0.143 e. The topological polar surface area (TPSA) is 71.2 Å². The molecule has 0 spiro atoms. The number of aromatic nitrogens is 3. The SMILES string of the molecule is OCCCCc1ccc(O)c(-n2nc3ccc(Cl)cc3n2)c1. The summed E-state index contributed by atoms with van der Waals surface area (Å²) in [5, 5.41) is 28.3. The summed E-state index contributed by atoms with van der Waals surface area (Å²) in [6, 6.07) is 10.7. The molecule has 1 aromatic heterocycles. The molecule has 0 saturated heterocycles. The number of benzene rings is 2. The van der Waals surface area contributed by atoms with Crippen LogP contribution in [-0.4, -0.2) is 31.8 Å². The van der Waals surface area contributed by atoms with Gasteiger partial charge in [-0.15, -0.1) is 15.0 Å². The van der Waals surface area contributed by atoms with Crippen LogP contribution in [0.15, 0.2) is 36.4 Å². The van der Waals surface area contributed by atoms with Crippen molar-refractivity contribution in [3.05, 3.63) is 47.0 Å². The van der Waals surface area contributed by atoms with Gasteiger partial charge in [0.1, 0.15) is 22.5 Å². The Kier molecular flexibility index (Phi) is 4.27. The first kappa shape index (κ1) is 14.8. The maximum atomic E-state index is 10.1. The molecular formula is C16H16ClN3O2. The summed E-state index contributed by atoms with van der Waals surface area (Å²) < 4.78 is 0. The Morgan fingerprint density at radius 1 is 1.00 bits per heavy atom. The van der Waals surface area contributed by atoms with Crippen LogP contribution in [0.2, 0.25) is 5.02 Å². The third-order valence-corrected chi connectivity index (χ3v) is 3.71. The molecule has 0 aliphatic carbocycles. The van der Waals surface area contributed by atoms with E-state index in [9.17, 15) is 5.11 Å². The van der Waals surface area contributed by atoms with Crippen LogP contribution < -0.4 is 0 Å². The number of hydrogen-bond donors (Lipinski definition) is 2. The lowest BCUT2D eigenvalue weighted by molar-refractivity contribution is 0.284. The molecule has 0 unspecified atom stereocenters. The van der Waals surface area contributed by atoms with Crippen molar-refractivity contribution in [1.82, 2.24) is 15.0 Å². The van der Waals surface area contributed by atoms with Crippen molar-refractivity contribution in [3.8, 4) is 11.4 Å². The second kappa shape index (κ2) is 6.34. The van der Waals surface area contributed by atoms with Crippen LogP contribution in [0.1, 0.15) is 18.4 Å². The fourth-order valence-electron chi connectivity index (χ4n) is 2.32. The molecule has 0 saturated carbocycles. The summed E-state index contributed by atoms with van der Waals surface area (Å²) in [6.45, 7) is 0.192. The van der Waals surface area contributed by atoms with Crippen molar-refractivity contribution >= 4 is 22.6 Å². The van der Waals surface area contributed by atoms with Gasteiger partial charge in [0.2, 0.25) is 0 Å². The van der Waals surface area contributed by atoms with E-state index in [-0.39, 0.29) is 12.4 Å². The van der Waals surface area contributed by atoms with Crippen molar-refractivity contribution in [3.63, 3.8) is 0 Å². The summed E-state index contributed by atoms with van der Waals surface area (Å²) in [7, 11) is 0. The summed E-state index contributed by atoms with van der Waals surface area (Å²) >= 11 is 5.95. The minimum atomic E-state index is 0.123. The number of halogens is 1. The zero-order valence-corrected chi connectivity index (χ0v) is 12.7. The normalized spacial score (nSPS) is 11.2. The highest BCUT2D eigenvalue weighted by atomic mass is 35.5. The van der Waals surface area contributed by atoms with Crippen LogP contribution in [0.5, 0.6) is 5.75 Å². The number of aliphatic hydroxyl groups excluding tert-OH is 1. The summed E-state index contributed by atoms with van der Waals surface area (Å²) in [4.78, 5) is 1.42. The molecule has 3 aromatic rings. The number of phenols is 1. The zero-order valence-electron chi connectivity index (χ0n) is 11.9. The van der Waals surface area contributed by atoms with Gasteiger partial charge in [0.15, 0.2) is 0 Å². The van der Waals surface area contributed by atoms with E-state index < -0.39 is 0 Å². The van der Waals surface area contributed by atoms with Crippen molar-refractivity contribution in [2.45, 2.75) is 19.3 Å². The van der Waals surface area contributed by atoms with Gasteiger partial charge in [0, 0.05) is 11.6 Å². The van der Waals surface area contributed by atoms with E-state index in [1.165, 1.54) is 4.80 Å². The summed E-state index contributed by atoms with van der Waals surface area (Å²) in [6.07, 6.45) is 2.49. The quantitative estimate of drug-likeness (QED) is 0.709. The van der Waals surface area contributed by atoms with Crippen LogP contribution >= 0.6 is 11.6 Å². The first-order valence-corrected chi connectivity index (χ1v) is 7.51. The highest BCUT2D eigenvalue weighted by molar-refractivity contribution is 6.31. The standard InChI is InChI=1S/C16H16ClN3O2/c17-12-5-6-13-14(10-12)19-20(18-13)15-9-11(3-1-2-8-21)4-7-16(15)22/h4-7,9-10,21-22H,1-3,8H2. The molecule has 6 heteroatoms. The fourth-order valence-corrected chi connectivity index (χ4v) is 2.49. The van der Waals surface area contributed by atoms with Gasteiger partial charge >= 0.3 is 0 Å².